The predicted octanol–water partition coefficient (Wildman–Crippen LogP) is 0.772. The topological polar surface area (TPSA) is 66.0 Å². The number of fused-ring (bicyclic) bond motifs is 1. The van der Waals surface area contributed by atoms with Gasteiger partial charge < -0.3 is 5.11 Å². The molecule has 4 nitrogen and oxygen atoms in total. The van der Waals surface area contributed by atoms with Crippen molar-refractivity contribution in [3.05, 3.63) is 17.0 Å². The second-order valence-corrected chi connectivity index (χ2v) is 3.42. The van der Waals surface area contributed by atoms with Crippen LogP contribution in [-0.4, -0.2) is 21.3 Å². The average Bonchev–Trinajstić information content (AvgIpc) is 2.60. The van der Waals surface area contributed by atoms with Crippen molar-refractivity contribution in [2.75, 3.05) is 0 Å². The van der Waals surface area contributed by atoms with E-state index in [0.717, 1.165) is 23.4 Å². The first kappa shape index (κ1) is 8.29. The molecule has 0 fully saturated rings. The summed E-state index contributed by atoms with van der Waals surface area (Å²) in [5, 5.41) is 15.9. The first-order valence-corrected chi connectivity index (χ1v) is 4.50. The van der Waals surface area contributed by atoms with Crippen LogP contribution in [0.4, 0.5) is 0 Å². The largest absolute Gasteiger partial charge is 0.481 e. The van der Waals surface area contributed by atoms with Crippen LogP contribution in [0.2, 0.25) is 0 Å². The van der Waals surface area contributed by atoms with Gasteiger partial charge in [0.15, 0.2) is 0 Å². The van der Waals surface area contributed by atoms with Gasteiger partial charge in [0.1, 0.15) is 0 Å². The number of hydrogen-bond acceptors (Lipinski definition) is 2. The van der Waals surface area contributed by atoms with Gasteiger partial charge in [0.2, 0.25) is 0 Å². The normalized spacial score (nSPS) is 20.2. The Balaban J connectivity index is 2.26. The molecule has 2 rings (SSSR count). The standard InChI is InChI=1S/C9H12N2O2/c1-2-7-6-3-5(9(12)13)4-8(6)11-10-7/h5H,2-4H2,1H3,(H,10,11)(H,12,13). The van der Waals surface area contributed by atoms with Crippen LogP contribution in [0.3, 0.4) is 0 Å². The molecule has 1 heterocycles. The second-order valence-electron chi connectivity index (χ2n) is 3.42. The lowest BCUT2D eigenvalue weighted by molar-refractivity contribution is -0.141. The van der Waals surface area contributed by atoms with Crippen molar-refractivity contribution in [2.24, 2.45) is 5.92 Å². The summed E-state index contributed by atoms with van der Waals surface area (Å²) in [5.41, 5.74) is 3.18. The Hall–Kier alpha value is -1.32. The third-order valence-corrected chi connectivity index (χ3v) is 2.62. The van der Waals surface area contributed by atoms with Gasteiger partial charge in [0.25, 0.3) is 0 Å². The monoisotopic (exact) mass is 180 g/mol. The Morgan fingerprint density at radius 3 is 3.08 bits per heavy atom. The molecule has 2 N–H and O–H groups in total. The van der Waals surface area contributed by atoms with E-state index < -0.39 is 5.97 Å². The predicted molar refractivity (Wildman–Crippen MR) is 46.5 cm³/mol. The van der Waals surface area contributed by atoms with Crippen LogP contribution in [0.1, 0.15) is 23.9 Å². The molecule has 1 atom stereocenters. The van der Waals surface area contributed by atoms with E-state index in [-0.39, 0.29) is 5.92 Å². The van der Waals surface area contributed by atoms with E-state index in [2.05, 4.69) is 10.2 Å². The number of aryl methyl sites for hydroxylation is 1. The fourth-order valence-corrected chi connectivity index (χ4v) is 1.89. The molecule has 1 unspecified atom stereocenters. The van der Waals surface area contributed by atoms with Gasteiger partial charge in [-0.2, -0.15) is 5.10 Å². The number of aromatic nitrogens is 2. The lowest BCUT2D eigenvalue weighted by Gasteiger charge is -2.00. The van der Waals surface area contributed by atoms with Crippen LogP contribution in [0, 0.1) is 5.92 Å². The molecule has 4 heteroatoms. The van der Waals surface area contributed by atoms with Crippen LogP contribution in [0.15, 0.2) is 0 Å². The maximum absolute atomic E-state index is 10.7. The van der Waals surface area contributed by atoms with E-state index in [1.165, 1.54) is 0 Å². The molecule has 0 radical (unpaired) electrons. The van der Waals surface area contributed by atoms with Crippen molar-refractivity contribution in [1.82, 2.24) is 10.2 Å². The summed E-state index contributed by atoms with van der Waals surface area (Å²) in [6.07, 6.45) is 2.13. The van der Waals surface area contributed by atoms with Crippen LogP contribution in [-0.2, 0) is 24.1 Å². The molecule has 70 valence electrons. The molecule has 0 bridgehead atoms. The number of nitrogens with zero attached hydrogens (tertiary/aromatic N) is 1. The molecule has 0 spiro atoms. The quantitative estimate of drug-likeness (QED) is 0.706. The number of carboxylic acid groups (broad SMARTS) is 1. The molecule has 0 saturated heterocycles. The fraction of sp³-hybridized carbons (Fsp3) is 0.556. The second kappa shape index (κ2) is 2.87. The van der Waals surface area contributed by atoms with E-state index in [9.17, 15) is 4.79 Å². The third-order valence-electron chi connectivity index (χ3n) is 2.62. The molecule has 0 amide bonds. The fourth-order valence-electron chi connectivity index (χ4n) is 1.89. The van der Waals surface area contributed by atoms with E-state index in [1.54, 1.807) is 0 Å². The molecule has 0 saturated carbocycles. The zero-order valence-electron chi connectivity index (χ0n) is 7.50. The highest BCUT2D eigenvalue weighted by Crippen LogP contribution is 2.27. The molecule has 1 aliphatic carbocycles. The van der Waals surface area contributed by atoms with Crippen molar-refractivity contribution in [3.63, 3.8) is 0 Å². The maximum atomic E-state index is 10.7. The van der Waals surface area contributed by atoms with Crippen molar-refractivity contribution >= 4 is 5.97 Å². The Labute approximate surface area is 76.0 Å². The lowest BCUT2D eigenvalue weighted by atomic mass is 10.1. The number of carboxylic acids is 1. The number of aliphatic carboxylic acids is 1. The maximum Gasteiger partial charge on any atom is 0.307 e. The van der Waals surface area contributed by atoms with Gasteiger partial charge in [-0.15, -0.1) is 0 Å². The molecule has 1 aliphatic rings. The third kappa shape index (κ3) is 1.22. The first-order chi connectivity index (χ1) is 6.22. The Morgan fingerprint density at radius 1 is 1.69 bits per heavy atom. The minimum atomic E-state index is -0.702. The molecule has 0 aliphatic heterocycles. The highest BCUT2D eigenvalue weighted by molar-refractivity contribution is 5.72. The molecule has 1 aromatic rings. The average molecular weight is 180 g/mol. The zero-order chi connectivity index (χ0) is 9.42. The van der Waals surface area contributed by atoms with Crippen molar-refractivity contribution in [2.45, 2.75) is 26.2 Å². The Bertz CT molecular complexity index is 343. The van der Waals surface area contributed by atoms with Gasteiger partial charge in [0.05, 0.1) is 11.6 Å². The van der Waals surface area contributed by atoms with Crippen molar-refractivity contribution in [3.8, 4) is 0 Å². The smallest absolute Gasteiger partial charge is 0.307 e. The number of carbonyl (C=O) groups is 1. The van der Waals surface area contributed by atoms with E-state index in [4.69, 9.17) is 5.11 Å². The van der Waals surface area contributed by atoms with Gasteiger partial charge in [-0.3, -0.25) is 9.89 Å². The Morgan fingerprint density at radius 2 is 2.46 bits per heavy atom. The van der Waals surface area contributed by atoms with Crippen LogP contribution in [0.25, 0.3) is 0 Å². The van der Waals surface area contributed by atoms with E-state index in [1.807, 2.05) is 6.92 Å². The first-order valence-electron chi connectivity index (χ1n) is 4.50. The molecular weight excluding hydrogens is 168 g/mol. The highest BCUT2D eigenvalue weighted by Gasteiger charge is 2.30. The van der Waals surface area contributed by atoms with Crippen LogP contribution < -0.4 is 0 Å². The summed E-state index contributed by atoms with van der Waals surface area (Å²) >= 11 is 0. The van der Waals surface area contributed by atoms with Gasteiger partial charge in [-0.1, -0.05) is 6.92 Å². The Kier molecular flexibility index (Phi) is 1.83. The zero-order valence-corrected chi connectivity index (χ0v) is 7.50. The number of H-pyrrole nitrogens is 1. The number of nitrogens with one attached hydrogen (secondary N) is 1. The number of aromatic amines is 1. The summed E-state index contributed by atoms with van der Waals surface area (Å²) in [5.74, 6) is -0.943. The summed E-state index contributed by atoms with van der Waals surface area (Å²) in [7, 11) is 0. The van der Waals surface area contributed by atoms with Crippen LogP contribution in [0.5, 0.6) is 0 Å². The van der Waals surface area contributed by atoms with Gasteiger partial charge in [0, 0.05) is 12.1 Å². The van der Waals surface area contributed by atoms with Gasteiger partial charge >= 0.3 is 5.97 Å². The molecular formula is C9H12N2O2. The molecule has 13 heavy (non-hydrogen) atoms. The SMILES string of the molecule is CCc1n[nH]c2c1CC(C(=O)O)C2. The minimum Gasteiger partial charge on any atom is -0.481 e. The highest BCUT2D eigenvalue weighted by atomic mass is 16.4. The van der Waals surface area contributed by atoms with Gasteiger partial charge in [-0.05, 0) is 18.4 Å². The van der Waals surface area contributed by atoms with Crippen molar-refractivity contribution in [1.29, 1.82) is 0 Å². The van der Waals surface area contributed by atoms with E-state index >= 15 is 0 Å². The summed E-state index contributed by atoms with van der Waals surface area (Å²) in [6.45, 7) is 2.03. The van der Waals surface area contributed by atoms with Crippen molar-refractivity contribution < 1.29 is 9.90 Å². The minimum absolute atomic E-state index is 0.241. The summed E-state index contributed by atoms with van der Waals surface area (Å²) in [6, 6.07) is 0. The summed E-state index contributed by atoms with van der Waals surface area (Å²) < 4.78 is 0. The van der Waals surface area contributed by atoms with Gasteiger partial charge in [-0.25, -0.2) is 0 Å². The molecule has 0 aromatic carbocycles. The number of rotatable bonds is 2. The summed E-state index contributed by atoms with van der Waals surface area (Å²) in [4.78, 5) is 10.7. The van der Waals surface area contributed by atoms with Crippen LogP contribution >= 0.6 is 0 Å². The lowest BCUT2D eigenvalue weighted by Crippen LogP contribution is -2.14. The number of hydrogen-bond donors (Lipinski definition) is 2. The molecule has 1 aromatic heterocycles. The van der Waals surface area contributed by atoms with E-state index in [0.29, 0.717) is 12.8 Å².